The number of benzene rings is 1. The molecule has 0 atom stereocenters. The van der Waals surface area contributed by atoms with Gasteiger partial charge < -0.3 is 4.90 Å². The standard InChI is InChI=1S/C23H31N3O3S2/c1-19-6-5-7-20(16-19)18-24-12-14-25(15-13-24)22(27)17-21-8-9-23(30-21)31(28,29)26-10-3-2-4-11-26/h5-9,16H,2-4,10-15,17-18H2,1H3. The Kier molecular flexibility index (Phi) is 7.11. The summed E-state index contributed by atoms with van der Waals surface area (Å²) in [6, 6.07) is 12.0. The highest BCUT2D eigenvalue weighted by atomic mass is 32.2. The van der Waals surface area contributed by atoms with Crippen LogP contribution in [-0.2, 0) is 27.8 Å². The second kappa shape index (κ2) is 9.81. The fourth-order valence-corrected chi connectivity index (χ4v) is 7.33. The lowest BCUT2D eigenvalue weighted by atomic mass is 10.1. The molecule has 31 heavy (non-hydrogen) atoms. The van der Waals surface area contributed by atoms with Crippen molar-refractivity contribution in [3.8, 4) is 0 Å². The van der Waals surface area contributed by atoms with Crippen LogP contribution >= 0.6 is 11.3 Å². The molecule has 4 rings (SSSR count). The number of piperidine rings is 1. The predicted molar refractivity (Wildman–Crippen MR) is 124 cm³/mol. The summed E-state index contributed by atoms with van der Waals surface area (Å²) in [6.45, 7) is 7.37. The van der Waals surface area contributed by atoms with E-state index < -0.39 is 10.0 Å². The lowest BCUT2D eigenvalue weighted by Gasteiger charge is -2.34. The van der Waals surface area contributed by atoms with Crippen molar-refractivity contribution >= 4 is 27.3 Å². The van der Waals surface area contributed by atoms with Gasteiger partial charge in [-0.15, -0.1) is 11.3 Å². The third-order valence-corrected chi connectivity index (χ3v) is 9.54. The summed E-state index contributed by atoms with van der Waals surface area (Å²) in [5.74, 6) is 0.0824. The quantitative estimate of drug-likeness (QED) is 0.663. The third-order valence-electron chi connectivity index (χ3n) is 6.09. The number of aryl methyl sites for hydroxylation is 1. The van der Waals surface area contributed by atoms with E-state index in [1.807, 2.05) is 4.90 Å². The predicted octanol–water partition coefficient (Wildman–Crippen LogP) is 3.12. The fourth-order valence-electron chi connectivity index (χ4n) is 4.31. The van der Waals surface area contributed by atoms with E-state index in [-0.39, 0.29) is 12.3 Å². The molecule has 3 heterocycles. The number of nitrogens with zero attached hydrogens (tertiary/aromatic N) is 3. The maximum absolute atomic E-state index is 12.8. The Morgan fingerprint density at radius 1 is 0.968 bits per heavy atom. The minimum Gasteiger partial charge on any atom is -0.340 e. The first-order chi connectivity index (χ1) is 14.9. The van der Waals surface area contributed by atoms with E-state index in [1.165, 1.54) is 22.5 Å². The van der Waals surface area contributed by atoms with Crippen molar-refractivity contribution in [2.75, 3.05) is 39.3 Å². The summed E-state index contributed by atoms with van der Waals surface area (Å²) in [5.41, 5.74) is 2.57. The molecule has 0 bridgehead atoms. The van der Waals surface area contributed by atoms with Gasteiger partial charge in [-0.1, -0.05) is 36.2 Å². The molecule has 0 unspecified atom stereocenters. The number of hydrogen-bond acceptors (Lipinski definition) is 5. The number of piperazine rings is 1. The topological polar surface area (TPSA) is 60.9 Å². The maximum Gasteiger partial charge on any atom is 0.252 e. The van der Waals surface area contributed by atoms with Crippen LogP contribution in [0, 0.1) is 6.92 Å². The Hall–Kier alpha value is -1.74. The molecule has 0 aliphatic carbocycles. The number of hydrogen-bond donors (Lipinski definition) is 0. The van der Waals surface area contributed by atoms with Gasteiger partial charge in [-0.2, -0.15) is 4.31 Å². The smallest absolute Gasteiger partial charge is 0.252 e. The lowest BCUT2D eigenvalue weighted by molar-refractivity contribution is -0.132. The van der Waals surface area contributed by atoms with Gasteiger partial charge >= 0.3 is 0 Å². The molecule has 0 saturated carbocycles. The van der Waals surface area contributed by atoms with E-state index >= 15 is 0 Å². The first-order valence-corrected chi connectivity index (χ1v) is 13.3. The van der Waals surface area contributed by atoms with Crippen LogP contribution in [0.25, 0.3) is 0 Å². The van der Waals surface area contributed by atoms with Gasteiger partial charge in [-0.25, -0.2) is 8.42 Å². The summed E-state index contributed by atoms with van der Waals surface area (Å²) in [5, 5.41) is 0. The SMILES string of the molecule is Cc1cccc(CN2CCN(C(=O)Cc3ccc(S(=O)(=O)N4CCCCC4)s3)CC2)c1. The van der Waals surface area contributed by atoms with E-state index in [0.717, 1.165) is 56.9 Å². The van der Waals surface area contributed by atoms with Crippen LogP contribution in [0.15, 0.2) is 40.6 Å². The van der Waals surface area contributed by atoms with Crippen molar-refractivity contribution in [1.29, 1.82) is 0 Å². The van der Waals surface area contributed by atoms with E-state index in [9.17, 15) is 13.2 Å². The molecule has 6 nitrogen and oxygen atoms in total. The molecule has 8 heteroatoms. The molecule has 1 aromatic carbocycles. The van der Waals surface area contributed by atoms with Gasteiger partial charge in [0.1, 0.15) is 4.21 Å². The zero-order valence-electron chi connectivity index (χ0n) is 18.1. The van der Waals surface area contributed by atoms with Gasteiger partial charge in [0.15, 0.2) is 0 Å². The van der Waals surface area contributed by atoms with Gasteiger partial charge in [0.25, 0.3) is 10.0 Å². The Bertz CT molecular complexity index is 1000. The van der Waals surface area contributed by atoms with Crippen molar-refractivity contribution in [3.63, 3.8) is 0 Å². The zero-order chi connectivity index (χ0) is 21.8. The van der Waals surface area contributed by atoms with Gasteiger partial charge in [0, 0.05) is 50.7 Å². The molecule has 0 N–H and O–H groups in total. The van der Waals surface area contributed by atoms with E-state index in [4.69, 9.17) is 0 Å². The number of rotatable bonds is 6. The van der Waals surface area contributed by atoms with Crippen molar-refractivity contribution in [1.82, 2.24) is 14.1 Å². The summed E-state index contributed by atoms with van der Waals surface area (Å²) in [6.07, 6.45) is 3.21. The first kappa shape index (κ1) is 22.5. The molecule has 168 valence electrons. The highest BCUT2D eigenvalue weighted by molar-refractivity contribution is 7.91. The van der Waals surface area contributed by atoms with Crippen LogP contribution in [0.3, 0.4) is 0 Å². The molecule has 2 aliphatic heterocycles. The van der Waals surface area contributed by atoms with Crippen molar-refractivity contribution < 1.29 is 13.2 Å². The molecule has 1 aromatic heterocycles. The Morgan fingerprint density at radius 3 is 2.42 bits per heavy atom. The van der Waals surface area contributed by atoms with Gasteiger partial charge in [-0.3, -0.25) is 9.69 Å². The molecule has 2 saturated heterocycles. The second-order valence-electron chi connectivity index (χ2n) is 8.51. The highest BCUT2D eigenvalue weighted by Crippen LogP contribution is 2.27. The molecule has 2 fully saturated rings. The minimum absolute atomic E-state index is 0.0824. The minimum atomic E-state index is -3.42. The molecular weight excluding hydrogens is 430 g/mol. The molecule has 0 radical (unpaired) electrons. The maximum atomic E-state index is 12.8. The Labute approximate surface area is 189 Å². The van der Waals surface area contributed by atoms with Crippen LogP contribution in [0.5, 0.6) is 0 Å². The van der Waals surface area contributed by atoms with Gasteiger partial charge in [0.05, 0.1) is 6.42 Å². The van der Waals surface area contributed by atoms with Crippen LogP contribution < -0.4 is 0 Å². The van der Waals surface area contributed by atoms with E-state index in [1.54, 1.807) is 16.4 Å². The first-order valence-electron chi connectivity index (χ1n) is 11.1. The Morgan fingerprint density at radius 2 is 1.71 bits per heavy atom. The van der Waals surface area contributed by atoms with Crippen molar-refractivity contribution in [2.45, 2.75) is 43.4 Å². The third kappa shape index (κ3) is 5.55. The molecule has 1 amide bonds. The van der Waals surface area contributed by atoms with Crippen molar-refractivity contribution in [2.24, 2.45) is 0 Å². The van der Waals surface area contributed by atoms with Crippen LogP contribution in [0.4, 0.5) is 0 Å². The number of carbonyl (C=O) groups is 1. The summed E-state index contributed by atoms with van der Waals surface area (Å²) in [4.78, 5) is 17.9. The summed E-state index contributed by atoms with van der Waals surface area (Å²) in [7, 11) is -3.42. The van der Waals surface area contributed by atoms with Crippen LogP contribution in [0.1, 0.15) is 35.3 Å². The second-order valence-corrected chi connectivity index (χ2v) is 11.8. The fraction of sp³-hybridized carbons (Fsp3) is 0.522. The molecule has 2 aromatic rings. The van der Waals surface area contributed by atoms with Gasteiger partial charge in [-0.05, 0) is 37.5 Å². The normalized spacial score (nSPS) is 18.9. The number of thiophene rings is 1. The van der Waals surface area contributed by atoms with Crippen LogP contribution in [0.2, 0.25) is 0 Å². The number of carbonyl (C=O) groups excluding carboxylic acids is 1. The number of amides is 1. The lowest BCUT2D eigenvalue weighted by Crippen LogP contribution is -2.48. The summed E-state index contributed by atoms with van der Waals surface area (Å²) < 4.78 is 27.6. The molecule has 0 spiro atoms. The zero-order valence-corrected chi connectivity index (χ0v) is 19.8. The highest BCUT2D eigenvalue weighted by Gasteiger charge is 2.28. The average molecular weight is 462 g/mol. The van der Waals surface area contributed by atoms with Gasteiger partial charge in [0.2, 0.25) is 5.91 Å². The van der Waals surface area contributed by atoms with E-state index in [0.29, 0.717) is 17.3 Å². The largest absolute Gasteiger partial charge is 0.340 e. The monoisotopic (exact) mass is 461 g/mol. The number of sulfonamides is 1. The molecule has 2 aliphatic rings. The van der Waals surface area contributed by atoms with Crippen molar-refractivity contribution in [3.05, 3.63) is 52.4 Å². The Balaban J connectivity index is 1.29. The van der Waals surface area contributed by atoms with E-state index in [2.05, 4.69) is 36.1 Å². The van der Waals surface area contributed by atoms with Crippen LogP contribution in [-0.4, -0.2) is 67.7 Å². The molecular formula is C23H31N3O3S2. The summed E-state index contributed by atoms with van der Waals surface area (Å²) >= 11 is 1.24. The average Bonchev–Trinajstić information content (AvgIpc) is 3.24.